The van der Waals surface area contributed by atoms with Gasteiger partial charge in [0.05, 0.1) is 10.4 Å². The van der Waals surface area contributed by atoms with Gasteiger partial charge in [-0.25, -0.2) is 13.1 Å². The minimum Gasteiger partial charge on any atom is -0.255 e. The summed E-state index contributed by atoms with van der Waals surface area (Å²) in [7, 11) is -7.31. The van der Waals surface area contributed by atoms with Crippen molar-refractivity contribution >= 4 is 20.1 Å². The van der Waals surface area contributed by atoms with E-state index in [-0.39, 0.29) is 9.79 Å². The number of fused-ring (bicyclic) bond motifs is 2. The molecule has 2 aromatic rings. The Morgan fingerprint density at radius 2 is 1.62 bits per heavy atom. The lowest BCUT2D eigenvalue weighted by molar-refractivity contribution is 0.110. The highest BCUT2D eigenvalue weighted by molar-refractivity contribution is 7.90. The monoisotopic (exact) mass is 393 g/mol. The first-order valence-corrected chi connectivity index (χ1v) is 11.1. The van der Waals surface area contributed by atoms with Gasteiger partial charge in [-0.15, -0.1) is 0 Å². The van der Waals surface area contributed by atoms with Crippen molar-refractivity contribution in [2.75, 3.05) is 0 Å². The topological polar surface area (TPSA) is 89.5 Å². The van der Waals surface area contributed by atoms with Crippen LogP contribution in [0.1, 0.15) is 37.5 Å². The van der Waals surface area contributed by atoms with E-state index >= 15 is 0 Å². The Balaban J connectivity index is 1.79. The molecule has 0 spiro atoms. The molecule has 4 rings (SSSR count). The van der Waals surface area contributed by atoms with Crippen molar-refractivity contribution in [3.63, 3.8) is 0 Å². The quantitative estimate of drug-likeness (QED) is 0.792. The fourth-order valence-corrected chi connectivity index (χ4v) is 7.09. The predicted octanol–water partition coefficient (Wildman–Crippen LogP) is 2.39. The third kappa shape index (κ3) is 2.51. The van der Waals surface area contributed by atoms with Gasteiger partial charge in [-0.2, -0.15) is 8.42 Å². The number of nitrogens with one attached hydrogen (secondary N) is 1. The van der Waals surface area contributed by atoms with Crippen LogP contribution in [0.3, 0.4) is 0 Å². The summed E-state index contributed by atoms with van der Waals surface area (Å²) < 4.78 is 57.2. The van der Waals surface area contributed by atoms with Gasteiger partial charge < -0.3 is 0 Å². The molecule has 138 valence electrons. The van der Waals surface area contributed by atoms with E-state index in [1.165, 1.54) is 6.07 Å². The van der Waals surface area contributed by atoms with Gasteiger partial charge in [-0.1, -0.05) is 30.3 Å². The van der Waals surface area contributed by atoms with Crippen molar-refractivity contribution in [1.82, 2.24) is 4.72 Å². The molecule has 8 heteroatoms. The molecule has 2 heterocycles. The predicted molar refractivity (Wildman–Crippen MR) is 95.6 cm³/mol. The minimum atomic E-state index is -3.79. The zero-order valence-electron chi connectivity index (χ0n) is 14.6. The minimum absolute atomic E-state index is 0.188. The second-order valence-electron chi connectivity index (χ2n) is 7.50. The van der Waals surface area contributed by atoms with Crippen LogP contribution < -0.4 is 4.72 Å². The molecular formula is C18H19NO5S2. The van der Waals surface area contributed by atoms with Crippen LogP contribution in [0.5, 0.6) is 0 Å². The molecule has 1 unspecified atom stereocenters. The third-order valence-electron chi connectivity index (χ3n) is 4.96. The van der Waals surface area contributed by atoms with Crippen LogP contribution in [0.2, 0.25) is 0 Å². The maximum atomic E-state index is 12.3. The number of sulfonamides is 1. The Morgan fingerprint density at radius 1 is 0.923 bits per heavy atom. The van der Waals surface area contributed by atoms with Gasteiger partial charge in [0, 0.05) is 12.0 Å². The second kappa shape index (κ2) is 5.16. The molecule has 1 atom stereocenters. The van der Waals surface area contributed by atoms with E-state index in [0.29, 0.717) is 17.5 Å². The first kappa shape index (κ1) is 17.7. The van der Waals surface area contributed by atoms with E-state index < -0.39 is 31.3 Å². The van der Waals surface area contributed by atoms with Crippen LogP contribution in [-0.4, -0.2) is 16.8 Å². The molecule has 2 aliphatic rings. The zero-order valence-corrected chi connectivity index (χ0v) is 16.2. The van der Waals surface area contributed by atoms with Gasteiger partial charge >= 0.3 is 0 Å². The summed E-state index contributed by atoms with van der Waals surface area (Å²) in [5.41, 5.74) is 0.355. The summed E-state index contributed by atoms with van der Waals surface area (Å²) in [4.78, 5) is 0.449. The van der Waals surface area contributed by atoms with Crippen LogP contribution in [0.4, 0.5) is 0 Å². The van der Waals surface area contributed by atoms with Crippen LogP contribution in [0, 0.1) is 0 Å². The third-order valence-corrected chi connectivity index (χ3v) is 8.15. The molecule has 0 amide bonds. The Kier molecular flexibility index (Phi) is 3.51. The van der Waals surface area contributed by atoms with E-state index in [2.05, 4.69) is 4.72 Å². The first-order valence-electron chi connectivity index (χ1n) is 8.17. The normalized spacial score (nSPS) is 27.0. The molecule has 26 heavy (non-hydrogen) atoms. The summed E-state index contributed by atoms with van der Waals surface area (Å²) in [5, 5.41) is 0. The molecule has 0 aromatic heterocycles. The first-order chi connectivity index (χ1) is 11.9. The number of benzene rings is 2. The molecule has 2 aliphatic heterocycles. The van der Waals surface area contributed by atoms with Gasteiger partial charge in [0.25, 0.3) is 10.1 Å². The maximum absolute atomic E-state index is 12.3. The molecule has 6 nitrogen and oxygen atoms in total. The maximum Gasteiger partial charge on any atom is 0.298 e. The molecule has 0 bridgehead atoms. The lowest BCUT2D eigenvalue weighted by Crippen LogP contribution is -2.33. The lowest BCUT2D eigenvalue weighted by Gasteiger charge is -2.24. The summed E-state index contributed by atoms with van der Waals surface area (Å²) in [6.07, 6.45) is 0.312. The molecule has 0 fully saturated rings. The number of hydrogen-bond donors (Lipinski definition) is 1. The molecule has 0 saturated heterocycles. The Morgan fingerprint density at radius 3 is 2.35 bits per heavy atom. The van der Waals surface area contributed by atoms with Gasteiger partial charge in [-0.3, -0.25) is 4.18 Å². The molecule has 1 N–H and O–H groups in total. The Hall–Kier alpha value is -1.74. The zero-order chi connectivity index (χ0) is 19.0. The highest BCUT2D eigenvalue weighted by Crippen LogP contribution is 2.44. The fourth-order valence-electron chi connectivity index (χ4n) is 3.82. The molecular weight excluding hydrogens is 374 g/mol. The lowest BCUT2D eigenvalue weighted by atomic mass is 9.86. The largest absolute Gasteiger partial charge is 0.298 e. The summed E-state index contributed by atoms with van der Waals surface area (Å²) in [5.74, 6) is 0. The average Bonchev–Trinajstić information content (AvgIpc) is 2.84. The fraction of sp³-hybridized carbons (Fsp3) is 0.333. The van der Waals surface area contributed by atoms with Crippen LogP contribution in [0.15, 0.2) is 52.3 Å². The Bertz CT molecular complexity index is 1140. The smallest absolute Gasteiger partial charge is 0.255 e. The molecule has 2 aromatic carbocycles. The van der Waals surface area contributed by atoms with Gasteiger partial charge in [-0.05, 0) is 44.0 Å². The van der Waals surface area contributed by atoms with Gasteiger partial charge in [0.15, 0.2) is 0 Å². The Labute approximate surface area is 153 Å². The van der Waals surface area contributed by atoms with Crippen molar-refractivity contribution in [3.05, 3.63) is 59.2 Å². The van der Waals surface area contributed by atoms with Crippen LogP contribution in [0.25, 0.3) is 0 Å². The summed E-state index contributed by atoms with van der Waals surface area (Å²) in [6, 6.07) is 11.8. The molecule has 0 aliphatic carbocycles. The summed E-state index contributed by atoms with van der Waals surface area (Å²) >= 11 is 0. The number of rotatable bonds is 2. The number of hydrogen-bond acceptors (Lipinski definition) is 5. The van der Waals surface area contributed by atoms with Crippen molar-refractivity contribution in [2.24, 2.45) is 0 Å². The van der Waals surface area contributed by atoms with Crippen molar-refractivity contribution in [1.29, 1.82) is 0 Å². The van der Waals surface area contributed by atoms with E-state index in [4.69, 9.17) is 4.18 Å². The highest BCUT2D eigenvalue weighted by Gasteiger charge is 2.46. The van der Waals surface area contributed by atoms with Crippen molar-refractivity contribution in [3.8, 4) is 0 Å². The molecule has 0 saturated carbocycles. The van der Waals surface area contributed by atoms with Crippen molar-refractivity contribution in [2.45, 2.75) is 48.1 Å². The molecule has 0 radical (unpaired) electrons. The highest BCUT2D eigenvalue weighted by atomic mass is 32.2. The second-order valence-corrected chi connectivity index (χ2v) is 10.7. The van der Waals surface area contributed by atoms with E-state index in [1.807, 2.05) is 6.07 Å². The van der Waals surface area contributed by atoms with Gasteiger partial charge in [0.1, 0.15) is 10.5 Å². The standard InChI is InChI=1S/C18H19NO5S2/c1-17(2)14-10-12(8-9-15(14)25(20,21)19-17)11-18(3)13-6-4-5-7-16(13)26(22,23)24-18/h4-10,19H,11H2,1-3H3. The van der Waals surface area contributed by atoms with E-state index in [0.717, 1.165) is 5.56 Å². The van der Waals surface area contributed by atoms with Crippen LogP contribution in [-0.2, 0) is 41.9 Å². The van der Waals surface area contributed by atoms with E-state index in [9.17, 15) is 16.8 Å². The van der Waals surface area contributed by atoms with Gasteiger partial charge in [0.2, 0.25) is 10.0 Å². The SMILES string of the molecule is CC1(C)NS(=O)(=O)c2ccc(CC3(C)OS(=O)(=O)c4ccccc43)cc21. The van der Waals surface area contributed by atoms with Crippen molar-refractivity contribution < 1.29 is 21.0 Å². The average molecular weight is 393 g/mol. The van der Waals surface area contributed by atoms with E-state index in [1.54, 1.807) is 51.1 Å². The van der Waals surface area contributed by atoms with Crippen LogP contribution >= 0.6 is 0 Å². The summed E-state index contributed by atoms with van der Waals surface area (Å²) in [6.45, 7) is 5.34.